The van der Waals surface area contributed by atoms with Crippen LogP contribution in [0.3, 0.4) is 0 Å². The molecule has 4 nitrogen and oxygen atoms in total. The van der Waals surface area contributed by atoms with E-state index < -0.39 is 6.17 Å². The fourth-order valence-electron chi connectivity index (χ4n) is 3.87. The predicted molar refractivity (Wildman–Crippen MR) is 125 cm³/mol. The summed E-state index contributed by atoms with van der Waals surface area (Å²) in [5.74, 6) is 1.73. The van der Waals surface area contributed by atoms with E-state index in [2.05, 4.69) is 25.7 Å². The van der Waals surface area contributed by atoms with Gasteiger partial charge in [0.2, 0.25) is 0 Å². The van der Waals surface area contributed by atoms with Crippen LogP contribution in [-0.2, 0) is 13.1 Å². The first-order valence-corrected chi connectivity index (χ1v) is 11.3. The molecule has 0 saturated carbocycles. The summed E-state index contributed by atoms with van der Waals surface area (Å²) in [6, 6.07) is 14.1. The van der Waals surface area contributed by atoms with E-state index in [1.807, 2.05) is 41.1 Å². The molecular formula is C26H35F2N3O. The molecule has 1 unspecified atom stereocenters. The molecule has 2 aromatic carbocycles. The van der Waals surface area contributed by atoms with Crippen molar-refractivity contribution in [3.05, 3.63) is 77.9 Å². The van der Waals surface area contributed by atoms with Crippen LogP contribution in [0.1, 0.15) is 31.4 Å². The lowest BCUT2D eigenvalue weighted by Gasteiger charge is -2.41. The first-order chi connectivity index (χ1) is 15.3. The molecule has 0 radical (unpaired) electrons. The number of nitrogens with zero attached hydrogens (tertiary/aromatic N) is 2. The van der Waals surface area contributed by atoms with E-state index in [4.69, 9.17) is 4.74 Å². The minimum atomic E-state index is -0.981. The van der Waals surface area contributed by atoms with Gasteiger partial charge >= 0.3 is 0 Å². The van der Waals surface area contributed by atoms with Crippen molar-refractivity contribution in [3.8, 4) is 5.75 Å². The van der Waals surface area contributed by atoms with Gasteiger partial charge in [0, 0.05) is 26.2 Å². The quantitative estimate of drug-likeness (QED) is 0.561. The van der Waals surface area contributed by atoms with Crippen LogP contribution in [0.25, 0.3) is 0 Å². The van der Waals surface area contributed by atoms with Crippen molar-refractivity contribution in [1.29, 1.82) is 0 Å². The molecule has 174 valence electrons. The number of hydrogen-bond donors (Lipinski definition) is 1. The van der Waals surface area contributed by atoms with Gasteiger partial charge in [-0.2, -0.15) is 0 Å². The molecule has 1 aliphatic rings. The molecule has 0 spiro atoms. The monoisotopic (exact) mass is 443 g/mol. The molecular weight excluding hydrogens is 408 g/mol. The largest absolute Gasteiger partial charge is 0.493 e. The summed E-state index contributed by atoms with van der Waals surface area (Å²) in [5.41, 5.74) is 2.01. The number of benzene rings is 2. The Morgan fingerprint density at radius 2 is 1.81 bits per heavy atom. The first kappa shape index (κ1) is 24.1. The highest BCUT2D eigenvalue weighted by atomic mass is 19.1. The molecule has 6 heteroatoms. The second kappa shape index (κ2) is 11.3. The maximum atomic E-state index is 15.0. The maximum absolute atomic E-state index is 15.0. The highest BCUT2D eigenvalue weighted by molar-refractivity contribution is 5.27. The minimum absolute atomic E-state index is 0.275. The Balaban J connectivity index is 1.65. The van der Waals surface area contributed by atoms with Gasteiger partial charge in [-0.1, -0.05) is 44.7 Å². The Kier molecular flexibility index (Phi) is 8.51. The van der Waals surface area contributed by atoms with Gasteiger partial charge in [0.25, 0.3) is 0 Å². The summed E-state index contributed by atoms with van der Waals surface area (Å²) < 4.78 is 34.1. The molecule has 0 aromatic heterocycles. The molecule has 0 bridgehead atoms. The Bertz CT molecular complexity index is 854. The summed E-state index contributed by atoms with van der Waals surface area (Å²) in [4.78, 5) is 4.00. The maximum Gasteiger partial charge on any atom is 0.133 e. The molecule has 1 saturated heterocycles. The first-order valence-electron chi connectivity index (χ1n) is 11.3. The number of rotatable bonds is 10. The van der Waals surface area contributed by atoms with Crippen LogP contribution in [0.15, 0.2) is 60.9 Å². The number of likely N-dealkylation sites (tertiary alicyclic amines) is 1. The zero-order chi connectivity index (χ0) is 23.1. The van der Waals surface area contributed by atoms with E-state index >= 15 is 0 Å². The second-order valence-electron chi connectivity index (χ2n) is 9.04. The molecule has 2 atom stereocenters. The zero-order valence-electron chi connectivity index (χ0n) is 19.4. The van der Waals surface area contributed by atoms with Crippen molar-refractivity contribution in [1.82, 2.24) is 15.1 Å². The summed E-state index contributed by atoms with van der Waals surface area (Å²) in [6.45, 7) is 11.4. The normalized spacial score (nSPS) is 19.1. The number of nitrogens with one attached hydrogen (secondary N) is 1. The van der Waals surface area contributed by atoms with Crippen molar-refractivity contribution in [2.45, 2.75) is 45.6 Å². The number of halogens is 2. The van der Waals surface area contributed by atoms with Crippen molar-refractivity contribution >= 4 is 0 Å². The topological polar surface area (TPSA) is 27.7 Å². The van der Waals surface area contributed by atoms with E-state index in [1.165, 1.54) is 12.1 Å². The van der Waals surface area contributed by atoms with Gasteiger partial charge in [-0.3, -0.25) is 0 Å². The van der Waals surface area contributed by atoms with Crippen molar-refractivity contribution in [2.24, 2.45) is 5.92 Å². The van der Waals surface area contributed by atoms with Gasteiger partial charge in [-0.25, -0.2) is 8.78 Å². The molecule has 32 heavy (non-hydrogen) atoms. The highest BCUT2D eigenvalue weighted by Gasteiger charge is 2.33. The Morgan fingerprint density at radius 3 is 2.44 bits per heavy atom. The second-order valence-corrected chi connectivity index (χ2v) is 9.04. The lowest BCUT2D eigenvalue weighted by molar-refractivity contribution is 0.0542. The summed E-state index contributed by atoms with van der Waals surface area (Å²) in [7, 11) is 1.94. The average molecular weight is 444 g/mol. The number of piperidine rings is 1. The smallest absolute Gasteiger partial charge is 0.133 e. The summed E-state index contributed by atoms with van der Waals surface area (Å²) in [6.07, 6.45) is -0.272. The molecule has 1 fully saturated rings. The van der Waals surface area contributed by atoms with E-state index in [0.29, 0.717) is 44.4 Å². The molecule has 2 aromatic rings. The van der Waals surface area contributed by atoms with Crippen LogP contribution in [0.5, 0.6) is 5.75 Å². The van der Waals surface area contributed by atoms with Crippen LogP contribution in [-0.4, -0.2) is 48.8 Å². The van der Waals surface area contributed by atoms with Crippen LogP contribution < -0.4 is 10.1 Å². The molecule has 0 amide bonds. The number of hydrogen-bond acceptors (Lipinski definition) is 4. The predicted octanol–water partition coefficient (Wildman–Crippen LogP) is 4.97. The Morgan fingerprint density at radius 1 is 1.16 bits per heavy atom. The van der Waals surface area contributed by atoms with Crippen molar-refractivity contribution in [3.63, 3.8) is 0 Å². The Hall–Kier alpha value is -2.60. The lowest BCUT2D eigenvalue weighted by Crippen LogP contribution is -2.52. The van der Waals surface area contributed by atoms with Gasteiger partial charge in [0.15, 0.2) is 0 Å². The zero-order valence-corrected chi connectivity index (χ0v) is 19.4. The third kappa shape index (κ3) is 6.95. The van der Waals surface area contributed by atoms with Gasteiger partial charge < -0.3 is 19.9 Å². The van der Waals surface area contributed by atoms with Crippen LogP contribution in [0.2, 0.25) is 0 Å². The van der Waals surface area contributed by atoms with Gasteiger partial charge in [0.05, 0.1) is 18.5 Å². The van der Waals surface area contributed by atoms with E-state index in [0.717, 1.165) is 23.4 Å². The third-order valence-corrected chi connectivity index (χ3v) is 5.73. The lowest BCUT2D eigenvalue weighted by atomic mass is 10.0. The third-order valence-electron chi connectivity index (χ3n) is 5.73. The van der Waals surface area contributed by atoms with E-state index in [-0.39, 0.29) is 11.9 Å². The highest BCUT2D eigenvalue weighted by Crippen LogP contribution is 2.24. The summed E-state index contributed by atoms with van der Waals surface area (Å²) in [5, 5.41) is 3.37. The molecule has 1 heterocycles. The standard InChI is InChI=1S/C26H35F2N3O/c1-19(2)18-32-24-11-7-21(8-12-24)15-29-20(3)31(16-22-5-9-23(27)10-6-22)26-13-14-30(4)17-25(26)28/h5-12,19,25-26,29H,3,13-18H2,1-2,4H3/t25?,26-/m0/s1. The molecule has 0 aliphatic carbocycles. The molecule has 1 N–H and O–H groups in total. The van der Waals surface area contributed by atoms with Crippen LogP contribution >= 0.6 is 0 Å². The van der Waals surface area contributed by atoms with Crippen LogP contribution in [0.4, 0.5) is 8.78 Å². The Labute approximate surface area is 190 Å². The van der Waals surface area contributed by atoms with Crippen molar-refractivity contribution in [2.75, 3.05) is 26.7 Å². The van der Waals surface area contributed by atoms with Gasteiger partial charge in [0.1, 0.15) is 17.7 Å². The van der Waals surface area contributed by atoms with E-state index in [9.17, 15) is 8.78 Å². The van der Waals surface area contributed by atoms with Crippen molar-refractivity contribution < 1.29 is 13.5 Å². The fraction of sp³-hybridized carbons (Fsp3) is 0.462. The summed E-state index contributed by atoms with van der Waals surface area (Å²) >= 11 is 0. The van der Waals surface area contributed by atoms with E-state index in [1.54, 1.807) is 12.1 Å². The molecule has 3 rings (SSSR count). The molecule has 1 aliphatic heterocycles. The van der Waals surface area contributed by atoms with Gasteiger partial charge in [-0.05, 0) is 54.8 Å². The fourth-order valence-corrected chi connectivity index (χ4v) is 3.87. The SMILES string of the molecule is C=C(NCc1ccc(OCC(C)C)cc1)N(Cc1ccc(F)cc1)[C@H]1CCN(C)CC1F. The minimum Gasteiger partial charge on any atom is -0.493 e. The number of ether oxygens (including phenoxy) is 1. The average Bonchev–Trinajstić information content (AvgIpc) is 2.77. The number of alkyl halides is 1. The van der Waals surface area contributed by atoms with Gasteiger partial charge in [-0.15, -0.1) is 0 Å². The van der Waals surface area contributed by atoms with Crippen LogP contribution in [0, 0.1) is 11.7 Å².